The molecule has 0 amide bonds. The zero-order chi connectivity index (χ0) is 18.0. The molecule has 1 saturated heterocycles. The molecule has 1 unspecified atom stereocenters. The number of hydrogen-bond acceptors (Lipinski definition) is 9. The van der Waals surface area contributed by atoms with Gasteiger partial charge in [0, 0.05) is 13.1 Å². The second kappa shape index (κ2) is 7.56. The largest absolute Gasteiger partial charge is 0.394 e. The Morgan fingerprint density at radius 3 is 2.88 bits per heavy atom. The molecule has 3 heterocycles. The van der Waals surface area contributed by atoms with Crippen LogP contribution in [0, 0.1) is 4.64 Å². The van der Waals surface area contributed by atoms with Gasteiger partial charge in [0.05, 0.1) is 12.9 Å². The van der Waals surface area contributed by atoms with Gasteiger partial charge in [0.15, 0.2) is 10.9 Å². The van der Waals surface area contributed by atoms with Gasteiger partial charge in [0.1, 0.15) is 29.5 Å². The van der Waals surface area contributed by atoms with E-state index in [1.54, 1.807) is 0 Å². The third kappa shape index (κ3) is 3.42. The van der Waals surface area contributed by atoms with Crippen LogP contribution in [0.2, 0.25) is 0 Å². The number of rotatable bonds is 6. The third-order valence-electron chi connectivity index (χ3n) is 3.93. The standard InChI is InChI=1S/C14H20N6O4S/c15-3-1-2-4-16-14-18-11-8(12(25)19-14)17-6-20(11)13-10(23)9(22)7(5-21)24-13/h1-2,6-7,9-10,13,21-23H,3-5,15H2,(H2,16,18,19,25)/b2-1+/t7-,9+,10?,13-/m1/s1. The zero-order valence-corrected chi connectivity index (χ0v) is 14.1. The van der Waals surface area contributed by atoms with Gasteiger partial charge in [-0.3, -0.25) is 4.57 Å². The smallest absolute Gasteiger partial charge is 0.203 e. The molecule has 4 atom stereocenters. The van der Waals surface area contributed by atoms with Crippen molar-refractivity contribution in [3.05, 3.63) is 23.1 Å². The maximum Gasteiger partial charge on any atom is 0.203 e. The van der Waals surface area contributed by atoms with E-state index in [2.05, 4.69) is 20.3 Å². The molecule has 0 aromatic carbocycles. The van der Waals surface area contributed by atoms with Crippen LogP contribution in [-0.4, -0.2) is 72.8 Å². The number of aromatic nitrogens is 4. The highest BCUT2D eigenvalue weighted by molar-refractivity contribution is 7.71. The maximum atomic E-state index is 10.2. The van der Waals surface area contributed by atoms with Gasteiger partial charge in [-0.25, -0.2) is 9.97 Å². The Hall–Kier alpha value is -1.89. The lowest BCUT2D eigenvalue weighted by Gasteiger charge is -2.17. The lowest BCUT2D eigenvalue weighted by Crippen LogP contribution is -2.33. The van der Waals surface area contributed by atoms with Crippen LogP contribution in [0.15, 0.2) is 18.5 Å². The number of imidazole rings is 1. The first-order valence-corrected chi connectivity index (χ1v) is 8.16. The van der Waals surface area contributed by atoms with E-state index in [1.165, 1.54) is 10.9 Å². The Morgan fingerprint density at radius 2 is 2.20 bits per heavy atom. The van der Waals surface area contributed by atoms with Gasteiger partial charge in [-0.2, -0.15) is 0 Å². The van der Waals surface area contributed by atoms with E-state index in [0.717, 1.165) is 0 Å². The minimum Gasteiger partial charge on any atom is -0.394 e. The van der Waals surface area contributed by atoms with Gasteiger partial charge in [0.2, 0.25) is 5.95 Å². The topological polar surface area (TPSA) is 154 Å². The predicted molar refractivity (Wildman–Crippen MR) is 92.4 cm³/mol. The molecule has 25 heavy (non-hydrogen) atoms. The Morgan fingerprint density at radius 1 is 1.40 bits per heavy atom. The van der Waals surface area contributed by atoms with Crippen LogP contribution in [0.3, 0.4) is 0 Å². The zero-order valence-electron chi connectivity index (χ0n) is 13.2. The molecule has 0 saturated carbocycles. The molecular weight excluding hydrogens is 348 g/mol. The summed E-state index contributed by atoms with van der Waals surface area (Å²) in [5.74, 6) is 0.424. The highest BCUT2D eigenvalue weighted by atomic mass is 32.1. The van der Waals surface area contributed by atoms with Crippen molar-refractivity contribution in [2.75, 3.05) is 25.0 Å². The Labute approximate surface area is 148 Å². The van der Waals surface area contributed by atoms with E-state index in [9.17, 15) is 15.3 Å². The van der Waals surface area contributed by atoms with Crippen LogP contribution in [-0.2, 0) is 4.74 Å². The fourth-order valence-corrected chi connectivity index (χ4v) is 2.90. The third-order valence-corrected chi connectivity index (χ3v) is 4.21. The summed E-state index contributed by atoms with van der Waals surface area (Å²) in [5.41, 5.74) is 6.31. The lowest BCUT2D eigenvalue weighted by molar-refractivity contribution is -0.0511. The predicted octanol–water partition coefficient (Wildman–Crippen LogP) is -0.973. The SMILES string of the molecule is NC/C=C/CNc1nc(=S)c2ncn([C@@H]3O[C@H](CO)[C@H](O)C3O)c2[nH]1. The quantitative estimate of drug-likeness (QED) is 0.279. The normalized spacial score (nSPS) is 26.7. The van der Waals surface area contributed by atoms with E-state index in [-0.39, 0.29) is 4.64 Å². The number of nitrogens with zero attached hydrogens (tertiary/aromatic N) is 3. The molecule has 2 aromatic heterocycles. The second-order valence-corrected chi connectivity index (χ2v) is 5.94. The number of aliphatic hydroxyl groups excluding tert-OH is 3. The van der Waals surface area contributed by atoms with Crippen molar-refractivity contribution in [3.63, 3.8) is 0 Å². The molecule has 0 bridgehead atoms. The number of aromatic amines is 1. The first-order valence-electron chi connectivity index (χ1n) is 7.75. The lowest BCUT2D eigenvalue weighted by atomic mass is 10.1. The Kier molecular flexibility index (Phi) is 5.42. The molecule has 1 aliphatic heterocycles. The van der Waals surface area contributed by atoms with Gasteiger partial charge in [-0.15, -0.1) is 0 Å². The number of H-pyrrole nitrogens is 1. The number of nitrogens with two attached hydrogens (primary N) is 1. The van der Waals surface area contributed by atoms with Crippen molar-refractivity contribution in [2.24, 2.45) is 5.73 Å². The molecule has 0 aliphatic carbocycles. The molecule has 0 radical (unpaired) electrons. The summed E-state index contributed by atoms with van der Waals surface area (Å²) in [4.78, 5) is 11.5. The molecule has 0 spiro atoms. The van der Waals surface area contributed by atoms with Crippen molar-refractivity contribution in [1.82, 2.24) is 19.5 Å². The minimum atomic E-state index is -1.21. The summed E-state index contributed by atoms with van der Waals surface area (Å²) in [6.07, 6.45) is 0.911. The molecule has 136 valence electrons. The minimum absolute atomic E-state index is 0.282. The summed E-state index contributed by atoms with van der Waals surface area (Å²) in [6.45, 7) is 0.546. The highest BCUT2D eigenvalue weighted by Crippen LogP contribution is 2.31. The first kappa shape index (κ1) is 17.9. The number of hydrogen-bond donors (Lipinski definition) is 6. The first-order chi connectivity index (χ1) is 12.1. The van der Waals surface area contributed by atoms with Gasteiger partial charge in [0.25, 0.3) is 0 Å². The summed E-state index contributed by atoms with van der Waals surface area (Å²) < 4.78 is 7.34. The van der Waals surface area contributed by atoms with E-state index >= 15 is 0 Å². The van der Waals surface area contributed by atoms with E-state index in [4.69, 9.17) is 22.7 Å². The summed E-state index contributed by atoms with van der Waals surface area (Å²) in [6, 6.07) is 0. The maximum absolute atomic E-state index is 10.2. The average molecular weight is 368 g/mol. The molecule has 11 heteroatoms. The summed E-state index contributed by atoms with van der Waals surface area (Å²) in [5, 5.41) is 32.4. The summed E-state index contributed by atoms with van der Waals surface area (Å²) >= 11 is 5.25. The van der Waals surface area contributed by atoms with Crippen molar-refractivity contribution < 1.29 is 20.1 Å². The molecule has 1 aliphatic rings. The summed E-state index contributed by atoms with van der Waals surface area (Å²) in [7, 11) is 0. The fraction of sp³-hybridized carbons (Fsp3) is 0.500. The molecule has 3 rings (SSSR count). The molecular formula is C14H20N6O4S. The van der Waals surface area contributed by atoms with Crippen LogP contribution in [0.5, 0.6) is 0 Å². The Balaban J connectivity index is 1.93. The van der Waals surface area contributed by atoms with Crippen molar-refractivity contribution in [1.29, 1.82) is 0 Å². The van der Waals surface area contributed by atoms with Crippen LogP contribution < -0.4 is 11.1 Å². The van der Waals surface area contributed by atoms with Crippen LogP contribution in [0.4, 0.5) is 5.95 Å². The van der Waals surface area contributed by atoms with E-state index in [0.29, 0.717) is 30.2 Å². The van der Waals surface area contributed by atoms with Gasteiger partial charge in [-0.05, 0) is 0 Å². The second-order valence-electron chi connectivity index (χ2n) is 5.56. The number of fused-ring (bicyclic) bond motifs is 1. The Bertz CT molecular complexity index is 821. The average Bonchev–Trinajstić information content (AvgIpc) is 3.14. The van der Waals surface area contributed by atoms with E-state index < -0.39 is 31.1 Å². The molecule has 10 nitrogen and oxygen atoms in total. The van der Waals surface area contributed by atoms with Crippen LogP contribution >= 0.6 is 12.2 Å². The number of aliphatic hydroxyl groups is 3. The van der Waals surface area contributed by atoms with Crippen molar-refractivity contribution in [2.45, 2.75) is 24.5 Å². The highest BCUT2D eigenvalue weighted by Gasteiger charge is 2.43. The van der Waals surface area contributed by atoms with E-state index in [1.807, 2.05) is 12.2 Å². The van der Waals surface area contributed by atoms with Crippen LogP contribution in [0.25, 0.3) is 11.2 Å². The molecule has 2 aromatic rings. The monoisotopic (exact) mass is 368 g/mol. The van der Waals surface area contributed by atoms with Crippen molar-refractivity contribution >= 4 is 29.3 Å². The van der Waals surface area contributed by atoms with Gasteiger partial charge >= 0.3 is 0 Å². The number of anilines is 1. The molecule has 7 N–H and O–H groups in total. The van der Waals surface area contributed by atoms with Crippen molar-refractivity contribution in [3.8, 4) is 0 Å². The number of nitrogens with one attached hydrogen (secondary N) is 2. The van der Waals surface area contributed by atoms with Crippen LogP contribution in [0.1, 0.15) is 6.23 Å². The molecule has 1 fully saturated rings. The fourth-order valence-electron chi connectivity index (χ4n) is 2.66. The van der Waals surface area contributed by atoms with Gasteiger partial charge < -0.3 is 36.1 Å². The van der Waals surface area contributed by atoms with Gasteiger partial charge in [-0.1, -0.05) is 24.4 Å². The number of ether oxygens (including phenoxy) is 1.